The van der Waals surface area contributed by atoms with Gasteiger partial charge in [-0.25, -0.2) is 9.18 Å². The molecular formula is C18H15FN2O3. The van der Waals surface area contributed by atoms with Crippen LogP contribution >= 0.6 is 0 Å². The van der Waals surface area contributed by atoms with Gasteiger partial charge in [-0.15, -0.1) is 0 Å². The zero-order valence-corrected chi connectivity index (χ0v) is 13.1. The van der Waals surface area contributed by atoms with Crippen molar-refractivity contribution in [2.75, 3.05) is 12.4 Å². The Labute approximate surface area is 137 Å². The molecule has 0 saturated carbocycles. The Hall–Kier alpha value is -3.15. The maximum absolute atomic E-state index is 13.3. The number of benzene rings is 2. The summed E-state index contributed by atoms with van der Waals surface area (Å²) in [6, 6.07) is 10.7. The van der Waals surface area contributed by atoms with Crippen LogP contribution < -0.4 is 5.32 Å². The minimum Gasteiger partial charge on any atom is -0.465 e. The van der Waals surface area contributed by atoms with Crippen LogP contribution in [0.3, 0.4) is 0 Å². The number of nitrogens with one attached hydrogen (secondary N) is 2. The van der Waals surface area contributed by atoms with E-state index in [0.29, 0.717) is 33.4 Å². The van der Waals surface area contributed by atoms with Crippen molar-refractivity contribution in [3.63, 3.8) is 0 Å². The van der Waals surface area contributed by atoms with E-state index in [1.165, 1.54) is 25.3 Å². The van der Waals surface area contributed by atoms with Crippen LogP contribution in [0, 0.1) is 12.7 Å². The van der Waals surface area contributed by atoms with Gasteiger partial charge in [0.2, 0.25) is 0 Å². The lowest BCUT2D eigenvalue weighted by Gasteiger charge is -2.07. The Balaban J connectivity index is 1.93. The smallest absolute Gasteiger partial charge is 0.337 e. The van der Waals surface area contributed by atoms with Gasteiger partial charge in [0.05, 0.1) is 18.2 Å². The van der Waals surface area contributed by atoms with Gasteiger partial charge in [0, 0.05) is 22.3 Å². The molecule has 3 rings (SSSR count). The number of hydrogen-bond donors (Lipinski definition) is 2. The Bertz CT molecular complexity index is 947. The molecule has 0 atom stereocenters. The first kappa shape index (κ1) is 15.7. The Morgan fingerprint density at radius 1 is 1.17 bits per heavy atom. The Morgan fingerprint density at radius 3 is 2.71 bits per heavy atom. The summed E-state index contributed by atoms with van der Waals surface area (Å²) < 4.78 is 18.0. The van der Waals surface area contributed by atoms with Crippen LogP contribution in [-0.2, 0) is 4.74 Å². The van der Waals surface area contributed by atoms with Crippen molar-refractivity contribution >= 4 is 28.5 Å². The van der Waals surface area contributed by atoms with Crippen LogP contribution in [0.1, 0.15) is 26.4 Å². The number of fused-ring (bicyclic) bond motifs is 1. The van der Waals surface area contributed by atoms with Crippen LogP contribution in [0.2, 0.25) is 0 Å². The molecule has 6 heteroatoms. The van der Waals surface area contributed by atoms with E-state index in [9.17, 15) is 14.0 Å². The highest BCUT2D eigenvalue weighted by molar-refractivity contribution is 6.14. The summed E-state index contributed by atoms with van der Waals surface area (Å²) in [5.41, 5.74) is 2.44. The molecule has 0 spiro atoms. The first-order valence-electron chi connectivity index (χ1n) is 7.27. The predicted octanol–water partition coefficient (Wildman–Crippen LogP) is 3.65. The fourth-order valence-corrected chi connectivity index (χ4v) is 2.63. The molecule has 0 fully saturated rings. The number of halogens is 1. The highest BCUT2D eigenvalue weighted by Gasteiger charge is 2.17. The number of esters is 1. The second kappa shape index (κ2) is 6.16. The largest absolute Gasteiger partial charge is 0.465 e. The zero-order chi connectivity index (χ0) is 17.3. The molecule has 24 heavy (non-hydrogen) atoms. The summed E-state index contributed by atoms with van der Waals surface area (Å²) in [6.07, 6.45) is 0. The molecule has 2 N–H and O–H groups in total. The molecule has 122 valence electrons. The molecule has 0 radical (unpaired) electrons. The van der Waals surface area contributed by atoms with Gasteiger partial charge in [-0.1, -0.05) is 6.07 Å². The number of aromatic nitrogens is 1. The average molecular weight is 326 g/mol. The molecule has 1 amide bonds. The van der Waals surface area contributed by atoms with Gasteiger partial charge in [0.15, 0.2) is 0 Å². The average Bonchev–Trinajstić information content (AvgIpc) is 2.89. The minimum absolute atomic E-state index is 0.340. The number of methoxy groups -OCH3 is 1. The predicted molar refractivity (Wildman–Crippen MR) is 88.7 cm³/mol. The number of aryl methyl sites for hydroxylation is 1. The monoisotopic (exact) mass is 326 g/mol. The van der Waals surface area contributed by atoms with Crippen molar-refractivity contribution in [2.24, 2.45) is 0 Å². The Kier molecular flexibility index (Phi) is 4.04. The van der Waals surface area contributed by atoms with Crippen LogP contribution in [0.4, 0.5) is 10.1 Å². The van der Waals surface area contributed by atoms with Gasteiger partial charge in [-0.2, -0.15) is 0 Å². The van der Waals surface area contributed by atoms with E-state index in [-0.39, 0.29) is 11.7 Å². The number of ether oxygens (including phenoxy) is 1. The minimum atomic E-state index is -0.482. The normalized spacial score (nSPS) is 10.6. The number of hydrogen-bond acceptors (Lipinski definition) is 3. The second-order valence-electron chi connectivity index (χ2n) is 5.34. The third-order valence-corrected chi connectivity index (χ3v) is 3.72. The summed E-state index contributed by atoms with van der Waals surface area (Å²) in [5.74, 6) is -1.20. The number of aromatic amines is 1. The molecule has 0 aliphatic heterocycles. The lowest BCUT2D eigenvalue weighted by molar-refractivity contribution is 0.0600. The summed E-state index contributed by atoms with van der Waals surface area (Å²) in [7, 11) is 1.29. The van der Waals surface area contributed by atoms with E-state index in [4.69, 9.17) is 0 Å². The summed E-state index contributed by atoms with van der Waals surface area (Å²) in [5, 5.41) is 3.39. The van der Waals surface area contributed by atoms with E-state index < -0.39 is 5.97 Å². The molecule has 0 aliphatic carbocycles. The lowest BCUT2D eigenvalue weighted by atomic mass is 10.1. The van der Waals surface area contributed by atoms with E-state index in [1.54, 1.807) is 31.2 Å². The van der Waals surface area contributed by atoms with Crippen LogP contribution in [0.25, 0.3) is 10.9 Å². The molecule has 2 aromatic carbocycles. The van der Waals surface area contributed by atoms with Gasteiger partial charge in [-0.3, -0.25) is 4.79 Å². The fourth-order valence-electron chi connectivity index (χ4n) is 2.63. The number of rotatable bonds is 3. The molecule has 5 nitrogen and oxygen atoms in total. The zero-order valence-electron chi connectivity index (χ0n) is 13.1. The van der Waals surface area contributed by atoms with Gasteiger partial charge >= 0.3 is 5.97 Å². The highest BCUT2D eigenvalue weighted by Crippen LogP contribution is 2.24. The van der Waals surface area contributed by atoms with Crippen molar-refractivity contribution in [3.05, 3.63) is 65.1 Å². The first-order valence-corrected chi connectivity index (χ1v) is 7.27. The van der Waals surface area contributed by atoms with E-state index in [0.717, 1.165) is 0 Å². The first-order chi connectivity index (χ1) is 11.5. The molecule has 3 aromatic rings. The molecule has 0 unspecified atom stereocenters. The van der Waals surface area contributed by atoms with Crippen molar-refractivity contribution in [1.82, 2.24) is 4.98 Å². The maximum Gasteiger partial charge on any atom is 0.337 e. The molecule has 0 bridgehead atoms. The van der Waals surface area contributed by atoms with Crippen molar-refractivity contribution in [3.8, 4) is 0 Å². The molecule has 0 saturated heterocycles. The lowest BCUT2D eigenvalue weighted by Crippen LogP contribution is -2.13. The third-order valence-electron chi connectivity index (χ3n) is 3.72. The maximum atomic E-state index is 13.3. The number of carbonyl (C=O) groups is 2. The van der Waals surface area contributed by atoms with Gasteiger partial charge in [0.1, 0.15) is 5.82 Å². The second-order valence-corrected chi connectivity index (χ2v) is 5.34. The number of anilines is 1. The third kappa shape index (κ3) is 2.86. The van der Waals surface area contributed by atoms with Crippen molar-refractivity contribution in [1.29, 1.82) is 0 Å². The van der Waals surface area contributed by atoms with E-state index in [2.05, 4.69) is 15.0 Å². The van der Waals surface area contributed by atoms with Crippen LogP contribution in [0.15, 0.2) is 42.5 Å². The van der Waals surface area contributed by atoms with E-state index in [1.807, 2.05) is 0 Å². The molecule has 1 heterocycles. The molecule has 1 aromatic heterocycles. The number of carbonyl (C=O) groups excluding carboxylic acids is 2. The van der Waals surface area contributed by atoms with Gasteiger partial charge in [-0.05, 0) is 43.3 Å². The summed E-state index contributed by atoms with van der Waals surface area (Å²) in [4.78, 5) is 27.2. The Morgan fingerprint density at radius 2 is 1.96 bits per heavy atom. The van der Waals surface area contributed by atoms with E-state index >= 15 is 0 Å². The van der Waals surface area contributed by atoms with Crippen molar-refractivity contribution in [2.45, 2.75) is 6.92 Å². The van der Waals surface area contributed by atoms with Crippen LogP contribution in [-0.4, -0.2) is 24.0 Å². The summed E-state index contributed by atoms with van der Waals surface area (Å²) >= 11 is 0. The number of amides is 1. The van der Waals surface area contributed by atoms with Gasteiger partial charge in [0.25, 0.3) is 5.91 Å². The highest BCUT2D eigenvalue weighted by atomic mass is 19.1. The quantitative estimate of drug-likeness (QED) is 0.722. The molecular weight excluding hydrogens is 311 g/mol. The standard InChI is InChI=1S/C18H15FN2O3/c1-10-16(14-7-6-12(19)9-15(14)20-10)17(22)21-13-5-3-4-11(8-13)18(23)24-2/h3-9,20H,1-2H3,(H,21,22). The molecule has 0 aliphatic rings. The van der Waals surface area contributed by atoms with Crippen molar-refractivity contribution < 1.29 is 18.7 Å². The number of H-pyrrole nitrogens is 1. The topological polar surface area (TPSA) is 71.2 Å². The fraction of sp³-hybridized carbons (Fsp3) is 0.111. The van der Waals surface area contributed by atoms with Gasteiger partial charge < -0.3 is 15.0 Å². The van der Waals surface area contributed by atoms with Crippen LogP contribution in [0.5, 0.6) is 0 Å². The SMILES string of the molecule is COC(=O)c1cccc(NC(=O)c2c(C)[nH]c3cc(F)ccc23)c1. The summed E-state index contributed by atoms with van der Waals surface area (Å²) in [6.45, 7) is 1.75.